The summed E-state index contributed by atoms with van der Waals surface area (Å²) in [5.74, 6) is -0.138. The number of hydrogen-bond acceptors (Lipinski definition) is 5. The molecule has 142 valence electrons. The molecule has 6 nitrogen and oxygen atoms in total. The molecule has 0 bridgehead atoms. The summed E-state index contributed by atoms with van der Waals surface area (Å²) in [5, 5.41) is 2.47. The third-order valence-corrected chi connectivity index (χ3v) is 5.89. The second-order valence-electron chi connectivity index (χ2n) is 7.46. The number of imide groups is 1. The first-order valence-electron chi connectivity index (χ1n) is 9.71. The van der Waals surface area contributed by atoms with Crippen molar-refractivity contribution >= 4 is 28.8 Å². The van der Waals surface area contributed by atoms with Gasteiger partial charge in [0.25, 0.3) is 11.8 Å². The van der Waals surface area contributed by atoms with Gasteiger partial charge >= 0.3 is 0 Å². The molecule has 0 saturated carbocycles. The lowest BCUT2D eigenvalue weighted by Crippen LogP contribution is -2.25. The number of benzene rings is 2. The van der Waals surface area contributed by atoms with Crippen LogP contribution in [0.25, 0.3) is 5.57 Å². The number of amides is 2. The van der Waals surface area contributed by atoms with Crippen molar-refractivity contribution in [2.45, 2.75) is 12.8 Å². The van der Waals surface area contributed by atoms with E-state index in [2.05, 4.69) is 21.3 Å². The number of nitrogens with zero attached hydrogens (tertiary/aromatic N) is 2. The number of carbonyl (C=O) groups excluding carboxylic acids is 2. The molecule has 0 atom stereocenters. The van der Waals surface area contributed by atoms with Gasteiger partial charge in [-0.2, -0.15) is 0 Å². The largest absolute Gasteiger partial charge is 0.492 e. The second-order valence-corrected chi connectivity index (χ2v) is 7.46. The van der Waals surface area contributed by atoms with Crippen LogP contribution >= 0.6 is 0 Å². The molecular weight excluding hydrogens is 366 g/mol. The third-order valence-electron chi connectivity index (χ3n) is 5.89. The first-order chi connectivity index (χ1) is 14.2. The lowest BCUT2D eigenvalue weighted by molar-refractivity contribution is -0.123. The summed E-state index contributed by atoms with van der Waals surface area (Å²) < 4.78 is 5.81. The molecule has 0 radical (unpaired) electrons. The van der Waals surface area contributed by atoms with E-state index in [1.807, 2.05) is 36.5 Å². The van der Waals surface area contributed by atoms with E-state index in [-0.39, 0.29) is 0 Å². The fraction of sp³-hybridized carbons (Fsp3) is 0.174. The Hall–Kier alpha value is -3.67. The summed E-state index contributed by atoms with van der Waals surface area (Å²) in [5.41, 5.74) is 6.03. The fourth-order valence-corrected chi connectivity index (χ4v) is 4.63. The van der Waals surface area contributed by atoms with E-state index in [9.17, 15) is 9.59 Å². The predicted octanol–water partition coefficient (Wildman–Crippen LogP) is 2.37. The van der Waals surface area contributed by atoms with Crippen molar-refractivity contribution in [2.24, 2.45) is 4.99 Å². The number of hydrogen-bond donors (Lipinski definition) is 1. The van der Waals surface area contributed by atoms with Crippen molar-refractivity contribution in [1.29, 1.82) is 0 Å². The first kappa shape index (κ1) is 16.3. The van der Waals surface area contributed by atoms with Gasteiger partial charge in [0.05, 0.1) is 29.2 Å². The summed E-state index contributed by atoms with van der Waals surface area (Å²) in [6.45, 7) is 1.46. The third kappa shape index (κ3) is 2.26. The van der Waals surface area contributed by atoms with Crippen molar-refractivity contribution in [3.05, 3.63) is 76.6 Å². The quantitative estimate of drug-likeness (QED) is 0.809. The van der Waals surface area contributed by atoms with E-state index in [1.54, 1.807) is 6.20 Å². The summed E-state index contributed by atoms with van der Waals surface area (Å²) >= 11 is 0. The van der Waals surface area contributed by atoms with E-state index in [0.29, 0.717) is 34.8 Å². The van der Waals surface area contributed by atoms with Crippen LogP contribution in [0.15, 0.2) is 59.4 Å². The first-order valence-corrected chi connectivity index (χ1v) is 9.71. The number of carbonyl (C=O) groups is 2. The van der Waals surface area contributed by atoms with Crippen LogP contribution in [0.4, 0.5) is 5.69 Å². The summed E-state index contributed by atoms with van der Waals surface area (Å²) in [6, 6.07) is 11.8. The molecule has 4 aliphatic rings. The Morgan fingerprint density at radius 1 is 0.931 bits per heavy atom. The van der Waals surface area contributed by atoms with Gasteiger partial charge in [0.2, 0.25) is 0 Å². The smallest absolute Gasteiger partial charge is 0.261 e. The summed E-state index contributed by atoms with van der Waals surface area (Å²) in [4.78, 5) is 32.5. The lowest BCUT2D eigenvalue weighted by Gasteiger charge is -2.17. The lowest BCUT2D eigenvalue weighted by atomic mass is 9.91. The van der Waals surface area contributed by atoms with Gasteiger partial charge in [-0.05, 0) is 17.5 Å². The number of para-hydroxylation sites is 2. The van der Waals surface area contributed by atoms with Crippen LogP contribution in [-0.4, -0.2) is 30.7 Å². The monoisotopic (exact) mass is 383 g/mol. The van der Waals surface area contributed by atoms with E-state index >= 15 is 0 Å². The van der Waals surface area contributed by atoms with E-state index in [1.165, 1.54) is 5.56 Å². The maximum Gasteiger partial charge on any atom is 0.261 e. The zero-order valence-corrected chi connectivity index (χ0v) is 15.6. The molecule has 6 rings (SSSR count). The van der Waals surface area contributed by atoms with Crippen LogP contribution in [0.5, 0.6) is 5.75 Å². The Kier molecular flexibility index (Phi) is 3.32. The molecule has 0 fully saturated rings. The molecule has 0 saturated heterocycles. The molecule has 4 heterocycles. The molecule has 0 spiro atoms. The minimum absolute atomic E-state index is 0.311. The number of ether oxygens (including phenoxy) is 1. The second kappa shape index (κ2) is 5.91. The highest BCUT2D eigenvalue weighted by Crippen LogP contribution is 2.40. The van der Waals surface area contributed by atoms with Crippen LogP contribution in [-0.2, 0) is 22.4 Å². The molecule has 4 aliphatic heterocycles. The highest BCUT2D eigenvalue weighted by Gasteiger charge is 2.38. The van der Waals surface area contributed by atoms with Crippen LogP contribution < -0.4 is 15.0 Å². The number of rotatable bonds is 2. The van der Waals surface area contributed by atoms with Crippen molar-refractivity contribution in [2.75, 3.05) is 18.1 Å². The molecule has 1 N–H and O–H groups in total. The topological polar surface area (TPSA) is 71.0 Å². The minimum atomic E-state index is -0.420. The Balaban J connectivity index is 1.62. The Morgan fingerprint density at radius 3 is 2.62 bits per heavy atom. The van der Waals surface area contributed by atoms with Crippen LogP contribution in [0, 0.1) is 0 Å². The van der Waals surface area contributed by atoms with Crippen molar-refractivity contribution < 1.29 is 14.3 Å². The zero-order chi connectivity index (χ0) is 19.5. The van der Waals surface area contributed by atoms with E-state index in [4.69, 9.17) is 4.74 Å². The van der Waals surface area contributed by atoms with Crippen molar-refractivity contribution in [1.82, 2.24) is 5.32 Å². The highest BCUT2D eigenvalue weighted by atomic mass is 16.5. The molecule has 2 aromatic rings. The molecule has 2 aromatic carbocycles. The van der Waals surface area contributed by atoms with Gasteiger partial charge in [-0.3, -0.25) is 19.9 Å². The number of aliphatic imine (C=N–C) groups is 1. The van der Waals surface area contributed by atoms with Crippen molar-refractivity contribution in [3.63, 3.8) is 0 Å². The molecule has 0 aromatic heterocycles. The number of fused-ring (bicyclic) bond motifs is 1. The van der Waals surface area contributed by atoms with E-state index < -0.39 is 11.8 Å². The SMILES string of the molecule is O=C1NC(=O)C(c2cccc3c2OCC3)=C1C1=NC=CN2CCc3cccc1c32. The molecule has 29 heavy (non-hydrogen) atoms. The van der Waals surface area contributed by atoms with Gasteiger partial charge in [0, 0.05) is 36.5 Å². The van der Waals surface area contributed by atoms with Gasteiger partial charge in [-0.25, -0.2) is 0 Å². The van der Waals surface area contributed by atoms with Gasteiger partial charge in [-0.15, -0.1) is 0 Å². The summed E-state index contributed by atoms with van der Waals surface area (Å²) in [7, 11) is 0. The Bertz CT molecular complexity index is 1210. The predicted molar refractivity (Wildman–Crippen MR) is 109 cm³/mol. The maximum absolute atomic E-state index is 12.9. The Labute approximate surface area is 167 Å². The fourth-order valence-electron chi connectivity index (χ4n) is 4.63. The molecule has 6 heteroatoms. The summed E-state index contributed by atoms with van der Waals surface area (Å²) in [6.07, 6.45) is 5.38. The number of nitrogens with one attached hydrogen (secondary N) is 1. The molecular formula is C23H17N3O3. The van der Waals surface area contributed by atoms with Gasteiger partial charge in [0.15, 0.2) is 0 Å². The van der Waals surface area contributed by atoms with E-state index in [0.717, 1.165) is 36.2 Å². The average molecular weight is 383 g/mol. The molecule has 2 amide bonds. The number of anilines is 1. The molecule has 0 aliphatic carbocycles. The minimum Gasteiger partial charge on any atom is -0.492 e. The molecule has 0 unspecified atom stereocenters. The van der Waals surface area contributed by atoms with Gasteiger partial charge in [0.1, 0.15) is 5.75 Å². The van der Waals surface area contributed by atoms with Crippen LogP contribution in [0.1, 0.15) is 22.3 Å². The van der Waals surface area contributed by atoms with Crippen molar-refractivity contribution in [3.8, 4) is 5.75 Å². The zero-order valence-electron chi connectivity index (χ0n) is 15.6. The highest BCUT2D eigenvalue weighted by molar-refractivity contribution is 6.48. The van der Waals surface area contributed by atoms with Gasteiger partial charge < -0.3 is 9.64 Å². The Morgan fingerprint density at radius 2 is 1.72 bits per heavy atom. The average Bonchev–Trinajstić information content (AvgIpc) is 3.39. The van der Waals surface area contributed by atoms with Crippen LogP contribution in [0.2, 0.25) is 0 Å². The van der Waals surface area contributed by atoms with Crippen LogP contribution in [0.3, 0.4) is 0 Å². The maximum atomic E-state index is 12.9. The standard InChI is InChI=1S/C23H17N3O3/c27-22-17(15-5-2-4-14-8-12-29-21(14)15)18(23(28)25-22)19-16-6-1-3-13-7-10-26(20(13)16)11-9-24-19/h1-6,9,11H,7-8,10,12H2,(H,25,27,28). The van der Waals surface area contributed by atoms with Gasteiger partial charge in [-0.1, -0.05) is 36.4 Å². The normalized spacial score (nSPS) is 19.0.